The number of aryl methyl sites for hydroxylation is 2. The summed E-state index contributed by atoms with van der Waals surface area (Å²) in [5.74, 6) is 0.909. The average molecular weight is 358 g/mol. The van der Waals surface area contributed by atoms with Gasteiger partial charge < -0.3 is 14.2 Å². The molecule has 27 heavy (non-hydrogen) atoms. The van der Waals surface area contributed by atoms with Crippen molar-refractivity contribution in [2.24, 2.45) is 0 Å². The van der Waals surface area contributed by atoms with Gasteiger partial charge in [-0.05, 0) is 75.4 Å². The minimum absolute atomic E-state index is 0.687. The Balaban J connectivity index is 1.80. The van der Waals surface area contributed by atoms with Crippen molar-refractivity contribution in [3.63, 3.8) is 0 Å². The molecule has 3 nitrogen and oxygen atoms in total. The summed E-state index contributed by atoms with van der Waals surface area (Å²) in [7, 11) is 2.11. The van der Waals surface area contributed by atoms with Crippen LogP contribution in [-0.2, 0) is 6.54 Å². The van der Waals surface area contributed by atoms with Gasteiger partial charge in [0, 0.05) is 46.8 Å². The van der Waals surface area contributed by atoms with E-state index in [-0.39, 0.29) is 0 Å². The van der Waals surface area contributed by atoms with Crippen molar-refractivity contribution >= 4 is 33.2 Å². The molecule has 0 N–H and O–H groups in total. The fourth-order valence-electron chi connectivity index (χ4n) is 3.84. The Morgan fingerprint density at radius 2 is 1.44 bits per heavy atom. The van der Waals surface area contributed by atoms with E-state index < -0.39 is 0 Å². The summed E-state index contributed by atoms with van der Waals surface area (Å²) in [6, 6.07) is 21.8. The molecule has 1 heterocycles. The molecule has 138 valence electrons. The van der Waals surface area contributed by atoms with E-state index in [1.165, 1.54) is 33.1 Å². The van der Waals surface area contributed by atoms with Crippen molar-refractivity contribution in [3.8, 4) is 5.75 Å². The maximum atomic E-state index is 5.56. The van der Waals surface area contributed by atoms with Crippen molar-refractivity contribution in [1.29, 1.82) is 0 Å². The molecular formula is C24H26N2O. The maximum Gasteiger partial charge on any atom is 0.119 e. The first-order valence-electron chi connectivity index (χ1n) is 9.61. The fraction of sp³-hybridized carbons (Fsp3) is 0.250. The number of aromatic nitrogens is 1. The predicted octanol–water partition coefficient (Wildman–Crippen LogP) is 6.29. The summed E-state index contributed by atoms with van der Waals surface area (Å²) >= 11 is 0. The molecule has 0 amide bonds. The van der Waals surface area contributed by atoms with Gasteiger partial charge in [0.1, 0.15) is 5.75 Å². The Labute approximate surface area is 160 Å². The molecule has 0 atom stereocenters. The molecule has 0 bridgehead atoms. The Kier molecular flexibility index (Phi) is 4.53. The van der Waals surface area contributed by atoms with Gasteiger partial charge in [0.2, 0.25) is 0 Å². The summed E-state index contributed by atoms with van der Waals surface area (Å²) in [6.07, 6.45) is 0. The standard InChI is InChI=1S/C24H26N2O/c1-5-26-23-13-7-17(3)15-21(23)22-16-19(10-14-24(22)26)25(4)18-8-11-20(12-9-18)27-6-2/h7-16H,5-6H2,1-4H3. The van der Waals surface area contributed by atoms with Crippen molar-refractivity contribution in [1.82, 2.24) is 4.57 Å². The van der Waals surface area contributed by atoms with Crippen LogP contribution in [0.5, 0.6) is 5.75 Å². The highest BCUT2D eigenvalue weighted by molar-refractivity contribution is 6.09. The average Bonchev–Trinajstić information content (AvgIpc) is 3.00. The first-order valence-corrected chi connectivity index (χ1v) is 9.61. The highest BCUT2D eigenvalue weighted by atomic mass is 16.5. The van der Waals surface area contributed by atoms with E-state index in [2.05, 4.69) is 78.9 Å². The molecule has 0 aliphatic heterocycles. The Morgan fingerprint density at radius 1 is 0.815 bits per heavy atom. The number of nitrogens with zero attached hydrogens (tertiary/aromatic N) is 2. The van der Waals surface area contributed by atoms with Crippen LogP contribution in [0, 0.1) is 6.92 Å². The van der Waals surface area contributed by atoms with Gasteiger partial charge >= 0.3 is 0 Å². The molecule has 0 saturated heterocycles. The Hall–Kier alpha value is -2.94. The van der Waals surface area contributed by atoms with E-state index >= 15 is 0 Å². The molecule has 3 aromatic carbocycles. The number of benzene rings is 3. The molecule has 1 aromatic heterocycles. The molecule has 4 rings (SSSR count). The van der Waals surface area contributed by atoms with Gasteiger partial charge in [0.25, 0.3) is 0 Å². The normalized spacial score (nSPS) is 11.3. The zero-order valence-electron chi connectivity index (χ0n) is 16.5. The minimum Gasteiger partial charge on any atom is -0.494 e. The smallest absolute Gasteiger partial charge is 0.119 e. The van der Waals surface area contributed by atoms with Gasteiger partial charge in [-0.3, -0.25) is 0 Å². The van der Waals surface area contributed by atoms with Crippen molar-refractivity contribution in [2.45, 2.75) is 27.3 Å². The van der Waals surface area contributed by atoms with Gasteiger partial charge in [-0.1, -0.05) is 11.6 Å². The monoisotopic (exact) mass is 358 g/mol. The van der Waals surface area contributed by atoms with Crippen LogP contribution in [0.1, 0.15) is 19.4 Å². The predicted molar refractivity (Wildman–Crippen MR) is 116 cm³/mol. The van der Waals surface area contributed by atoms with E-state index in [0.717, 1.165) is 18.0 Å². The Morgan fingerprint density at radius 3 is 2.11 bits per heavy atom. The number of anilines is 2. The van der Waals surface area contributed by atoms with Crippen LogP contribution >= 0.6 is 0 Å². The number of ether oxygens (including phenoxy) is 1. The summed E-state index contributed by atoms with van der Waals surface area (Å²) in [6.45, 7) is 8.02. The lowest BCUT2D eigenvalue weighted by molar-refractivity contribution is 0.340. The number of hydrogen-bond acceptors (Lipinski definition) is 2. The molecule has 0 unspecified atom stereocenters. The number of hydrogen-bond donors (Lipinski definition) is 0. The zero-order chi connectivity index (χ0) is 19.0. The fourth-order valence-corrected chi connectivity index (χ4v) is 3.84. The third kappa shape index (κ3) is 3.03. The van der Waals surface area contributed by atoms with E-state index in [1.54, 1.807) is 0 Å². The van der Waals surface area contributed by atoms with E-state index in [4.69, 9.17) is 4.74 Å². The first-order chi connectivity index (χ1) is 13.1. The van der Waals surface area contributed by atoms with Crippen LogP contribution in [0.4, 0.5) is 11.4 Å². The molecule has 3 heteroatoms. The largest absolute Gasteiger partial charge is 0.494 e. The van der Waals surface area contributed by atoms with E-state index in [1.807, 2.05) is 19.1 Å². The number of fused-ring (bicyclic) bond motifs is 3. The van der Waals surface area contributed by atoms with Gasteiger partial charge in [-0.15, -0.1) is 0 Å². The molecule has 0 radical (unpaired) electrons. The highest BCUT2D eigenvalue weighted by Gasteiger charge is 2.12. The van der Waals surface area contributed by atoms with Crippen molar-refractivity contribution < 1.29 is 4.74 Å². The highest BCUT2D eigenvalue weighted by Crippen LogP contribution is 2.34. The SMILES string of the molecule is CCOc1ccc(N(C)c2ccc3c(c2)c2cc(C)ccc2n3CC)cc1. The van der Waals surface area contributed by atoms with E-state index in [0.29, 0.717) is 6.61 Å². The van der Waals surface area contributed by atoms with Crippen molar-refractivity contribution in [2.75, 3.05) is 18.6 Å². The molecule has 0 saturated carbocycles. The summed E-state index contributed by atoms with van der Waals surface area (Å²) in [4.78, 5) is 2.22. The summed E-state index contributed by atoms with van der Waals surface area (Å²) in [5, 5.41) is 2.64. The third-order valence-electron chi connectivity index (χ3n) is 5.24. The summed E-state index contributed by atoms with van der Waals surface area (Å²) < 4.78 is 7.95. The molecule has 0 spiro atoms. The Bertz CT molecular complexity index is 1090. The van der Waals surface area contributed by atoms with Crippen LogP contribution < -0.4 is 9.64 Å². The minimum atomic E-state index is 0.687. The molecule has 0 aliphatic rings. The molecule has 4 aromatic rings. The van der Waals surface area contributed by atoms with Gasteiger partial charge in [-0.2, -0.15) is 0 Å². The third-order valence-corrected chi connectivity index (χ3v) is 5.24. The first kappa shape index (κ1) is 17.5. The molecule has 0 fully saturated rings. The zero-order valence-corrected chi connectivity index (χ0v) is 16.5. The van der Waals surface area contributed by atoms with Crippen LogP contribution in [-0.4, -0.2) is 18.2 Å². The van der Waals surface area contributed by atoms with Crippen molar-refractivity contribution in [3.05, 3.63) is 66.2 Å². The lowest BCUT2D eigenvalue weighted by atomic mass is 10.1. The second-order valence-electron chi connectivity index (χ2n) is 6.95. The van der Waals surface area contributed by atoms with Gasteiger partial charge in [-0.25, -0.2) is 0 Å². The van der Waals surface area contributed by atoms with Crippen LogP contribution in [0.25, 0.3) is 21.8 Å². The van der Waals surface area contributed by atoms with Gasteiger partial charge in [0.05, 0.1) is 6.61 Å². The van der Waals surface area contributed by atoms with Crippen LogP contribution in [0.3, 0.4) is 0 Å². The molecular weight excluding hydrogens is 332 g/mol. The quantitative estimate of drug-likeness (QED) is 0.417. The number of rotatable bonds is 5. The van der Waals surface area contributed by atoms with E-state index in [9.17, 15) is 0 Å². The van der Waals surface area contributed by atoms with Crippen LogP contribution in [0.15, 0.2) is 60.7 Å². The second-order valence-corrected chi connectivity index (χ2v) is 6.95. The topological polar surface area (TPSA) is 17.4 Å². The lowest BCUT2D eigenvalue weighted by Crippen LogP contribution is -2.09. The lowest BCUT2D eigenvalue weighted by Gasteiger charge is -2.20. The maximum absolute atomic E-state index is 5.56. The van der Waals surface area contributed by atoms with Gasteiger partial charge in [0.15, 0.2) is 0 Å². The molecule has 0 aliphatic carbocycles. The summed E-state index contributed by atoms with van der Waals surface area (Å²) in [5.41, 5.74) is 6.22. The second kappa shape index (κ2) is 6.99. The van der Waals surface area contributed by atoms with Crippen LogP contribution in [0.2, 0.25) is 0 Å².